The molecule has 10 heteroatoms. The van der Waals surface area contributed by atoms with E-state index in [9.17, 15) is 19.8 Å². The van der Waals surface area contributed by atoms with Gasteiger partial charge in [-0.05, 0) is 26.7 Å². The molecule has 0 aliphatic rings. The maximum Gasteiger partial charge on any atom is 1.00 e. The normalized spacial score (nSPS) is 14.8. The van der Waals surface area contributed by atoms with Gasteiger partial charge in [0.15, 0.2) is 0 Å². The van der Waals surface area contributed by atoms with E-state index in [1.54, 1.807) is 0 Å². The summed E-state index contributed by atoms with van der Waals surface area (Å²) < 4.78 is 0. The Morgan fingerprint density at radius 1 is 0.818 bits per heavy atom. The minimum Gasteiger partial charge on any atom is -0.550 e. The monoisotopic (exact) mass is 340 g/mol. The molecule has 0 amide bonds. The molecule has 0 saturated carbocycles. The first kappa shape index (κ1) is 30.6. The first-order chi connectivity index (χ1) is 8.95. The van der Waals surface area contributed by atoms with Gasteiger partial charge >= 0.3 is 59.1 Å². The van der Waals surface area contributed by atoms with Crippen molar-refractivity contribution in [3.63, 3.8) is 0 Å². The molecular formula is C12H22Na2O8. The van der Waals surface area contributed by atoms with Gasteiger partial charge in [-0.15, -0.1) is 0 Å². The van der Waals surface area contributed by atoms with E-state index in [4.69, 9.17) is 20.4 Å². The molecule has 8 nitrogen and oxygen atoms in total. The molecule has 0 spiro atoms. The van der Waals surface area contributed by atoms with Crippen molar-refractivity contribution in [2.24, 2.45) is 0 Å². The number of aliphatic hydroxyl groups excluding tert-OH is 2. The fraction of sp³-hybridized carbons (Fsp3) is 0.833. The molecule has 0 aromatic heterocycles. The Hall–Kier alpha value is 0.780. The van der Waals surface area contributed by atoms with Crippen LogP contribution >= 0.6 is 0 Å². The van der Waals surface area contributed by atoms with Gasteiger partial charge in [0.25, 0.3) is 0 Å². The average Bonchev–Trinajstić information content (AvgIpc) is 2.12. The Bertz CT molecular complexity index is 278. The molecule has 0 radical (unpaired) electrons. The molecule has 0 fully saturated rings. The third kappa shape index (κ3) is 23.1. The maximum absolute atomic E-state index is 9.94. The number of hydrogen-bond donors (Lipinski definition) is 4. The molecule has 22 heavy (non-hydrogen) atoms. The zero-order chi connectivity index (χ0) is 16.4. The van der Waals surface area contributed by atoms with Gasteiger partial charge in [-0.1, -0.05) is 0 Å². The van der Waals surface area contributed by atoms with Crippen molar-refractivity contribution >= 4 is 11.9 Å². The van der Waals surface area contributed by atoms with Crippen molar-refractivity contribution in [3.8, 4) is 0 Å². The van der Waals surface area contributed by atoms with Crippen LogP contribution in [0.5, 0.6) is 0 Å². The van der Waals surface area contributed by atoms with Gasteiger partial charge in [-0.25, -0.2) is 0 Å². The minimum absolute atomic E-state index is 0. The van der Waals surface area contributed by atoms with E-state index in [0.29, 0.717) is 0 Å². The van der Waals surface area contributed by atoms with E-state index < -0.39 is 36.0 Å². The van der Waals surface area contributed by atoms with Gasteiger partial charge in [-0.3, -0.25) is 0 Å². The first-order valence-corrected chi connectivity index (χ1v) is 6.02. The molecule has 0 aromatic carbocycles. The summed E-state index contributed by atoms with van der Waals surface area (Å²) in [5.74, 6) is -2.61. The van der Waals surface area contributed by atoms with E-state index >= 15 is 0 Å². The van der Waals surface area contributed by atoms with Gasteiger partial charge in [0.1, 0.15) is 0 Å². The second-order valence-electron chi connectivity index (χ2n) is 5.04. The molecule has 0 heterocycles. The summed E-state index contributed by atoms with van der Waals surface area (Å²) in [5.41, 5.74) is -2.68. The molecule has 0 saturated heterocycles. The van der Waals surface area contributed by atoms with Crippen LogP contribution in [-0.2, 0) is 9.59 Å². The predicted molar refractivity (Wildman–Crippen MR) is 63.9 cm³/mol. The van der Waals surface area contributed by atoms with E-state index in [1.807, 2.05) is 0 Å². The average molecular weight is 340 g/mol. The summed E-state index contributed by atoms with van der Waals surface area (Å²) >= 11 is 0. The summed E-state index contributed by atoms with van der Waals surface area (Å²) in [7, 11) is 0. The Balaban J connectivity index is -0.000000135. The van der Waals surface area contributed by atoms with Crippen LogP contribution in [0.1, 0.15) is 39.5 Å². The van der Waals surface area contributed by atoms with Gasteiger partial charge in [0.05, 0.1) is 11.2 Å². The molecule has 0 unspecified atom stereocenters. The quantitative estimate of drug-likeness (QED) is 0.317. The summed E-state index contributed by atoms with van der Waals surface area (Å²) in [6.07, 6.45) is -0.761. The van der Waals surface area contributed by atoms with Crippen molar-refractivity contribution in [1.82, 2.24) is 0 Å². The van der Waals surface area contributed by atoms with E-state index in [2.05, 4.69) is 0 Å². The standard InChI is InChI=1S/2C6H12O4.2Na/c2*1-6(10,2-3-7)4-5(8)9;;/h2*7,10H,2-4H2,1H3,(H,8,9);;/q;;2*+1/p-2/t2*6-;;/m11../s1. The molecule has 0 rings (SSSR count). The van der Waals surface area contributed by atoms with Crippen LogP contribution < -0.4 is 69.3 Å². The Morgan fingerprint density at radius 3 is 1.18 bits per heavy atom. The van der Waals surface area contributed by atoms with Crippen LogP contribution in [0.4, 0.5) is 0 Å². The van der Waals surface area contributed by atoms with Gasteiger partial charge in [-0.2, -0.15) is 0 Å². The number of aliphatic hydroxyl groups is 4. The summed E-state index contributed by atoms with van der Waals surface area (Å²) in [5, 5.41) is 54.8. The molecular weight excluding hydrogens is 318 g/mol. The van der Waals surface area contributed by atoms with Crippen molar-refractivity contribution in [2.75, 3.05) is 13.2 Å². The van der Waals surface area contributed by atoms with Crippen LogP contribution in [0.2, 0.25) is 0 Å². The first-order valence-electron chi connectivity index (χ1n) is 6.02. The Kier molecular flexibility index (Phi) is 21.3. The zero-order valence-corrected chi connectivity index (χ0v) is 17.7. The number of aliphatic carboxylic acids is 2. The minimum atomic E-state index is -1.34. The van der Waals surface area contributed by atoms with Crippen molar-refractivity contribution in [2.45, 2.75) is 50.7 Å². The number of carbonyl (C=O) groups is 2. The third-order valence-corrected chi connectivity index (χ3v) is 2.35. The number of carboxylic acids is 2. The topological polar surface area (TPSA) is 161 Å². The molecule has 0 aliphatic heterocycles. The fourth-order valence-corrected chi connectivity index (χ4v) is 1.28. The fourth-order valence-electron chi connectivity index (χ4n) is 1.28. The van der Waals surface area contributed by atoms with Gasteiger partial charge < -0.3 is 40.2 Å². The number of carboxylic acid groups (broad SMARTS) is 2. The Labute approximate surface area is 174 Å². The van der Waals surface area contributed by atoms with Crippen molar-refractivity contribution < 1.29 is 99.3 Å². The van der Waals surface area contributed by atoms with Crippen LogP contribution in [0.3, 0.4) is 0 Å². The Morgan fingerprint density at radius 2 is 1.05 bits per heavy atom. The number of hydrogen-bond acceptors (Lipinski definition) is 8. The molecule has 0 aromatic rings. The maximum atomic E-state index is 9.94. The number of carbonyl (C=O) groups excluding carboxylic acids is 2. The van der Waals surface area contributed by atoms with Crippen LogP contribution in [0.15, 0.2) is 0 Å². The van der Waals surface area contributed by atoms with Crippen LogP contribution in [0, 0.1) is 0 Å². The molecule has 0 bridgehead atoms. The van der Waals surface area contributed by atoms with Crippen LogP contribution in [0.25, 0.3) is 0 Å². The summed E-state index contributed by atoms with van der Waals surface area (Å²) in [6, 6.07) is 0. The molecule has 2 atom stereocenters. The van der Waals surface area contributed by atoms with Crippen molar-refractivity contribution in [3.05, 3.63) is 0 Å². The van der Waals surface area contributed by atoms with Gasteiger partial charge in [0, 0.05) is 38.0 Å². The largest absolute Gasteiger partial charge is 1.00 e. The summed E-state index contributed by atoms with van der Waals surface area (Å²) in [6.45, 7) is 2.25. The molecule has 0 aliphatic carbocycles. The predicted octanol–water partition coefficient (Wildman–Crippen LogP) is -9.47. The second-order valence-corrected chi connectivity index (χ2v) is 5.04. The van der Waals surface area contributed by atoms with Crippen LogP contribution in [-0.4, -0.2) is 56.8 Å². The SMILES string of the molecule is C[C@@](O)(CCO)CC(=O)[O-].C[C@@](O)(CCO)CC(=O)[O-].[Na+].[Na+]. The summed E-state index contributed by atoms with van der Waals surface area (Å²) in [4.78, 5) is 19.9. The van der Waals surface area contributed by atoms with Crippen molar-refractivity contribution in [1.29, 1.82) is 0 Å². The zero-order valence-electron chi connectivity index (χ0n) is 13.7. The van der Waals surface area contributed by atoms with E-state index in [-0.39, 0.29) is 85.2 Å². The van der Waals surface area contributed by atoms with E-state index in [1.165, 1.54) is 13.8 Å². The third-order valence-electron chi connectivity index (χ3n) is 2.35. The molecule has 120 valence electrons. The van der Waals surface area contributed by atoms with Gasteiger partial charge in [0.2, 0.25) is 0 Å². The second kappa shape index (κ2) is 15.3. The molecule has 4 N–H and O–H groups in total. The number of rotatable bonds is 8. The van der Waals surface area contributed by atoms with E-state index in [0.717, 1.165) is 0 Å². The smallest absolute Gasteiger partial charge is 0.550 e.